The van der Waals surface area contributed by atoms with Gasteiger partial charge in [-0.05, 0) is 81.5 Å². The molecule has 1 amide bonds. The van der Waals surface area contributed by atoms with E-state index in [0.717, 1.165) is 62.0 Å². The molecule has 1 aromatic heterocycles. The second-order valence-corrected chi connectivity index (χ2v) is 10.2. The van der Waals surface area contributed by atoms with Crippen molar-refractivity contribution in [2.24, 2.45) is 5.92 Å². The highest BCUT2D eigenvalue weighted by Gasteiger charge is 2.36. The molecule has 1 aromatic carbocycles. The van der Waals surface area contributed by atoms with Crippen molar-refractivity contribution in [1.82, 2.24) is 15.6 Å². The highest BCUT2D eigenvalue weighted by atomic mass is 19.1. The topological polar surface area (TPSA) is 98.2 Å². The predicted octanol–water partition coefficient (Wildman–Crippen LogP) is 4.67. The third kappa shape index (κ3) is 5.90. The van der Waals surface area contributed by atoms with Crippen LogP contribution in [-0.2, 0) is 16.0 Å². The first-order valence-electron chi connectivity index (χ1n) is 13.5. The lowest BCUT2D eigenvalue weighted by molar-refractivity contribution is -0.127. The molecule has 1 aliphatic carbocycles. The Morgan fingerprint density at radius 2 is 1.95 bits per heavy atom. The fourth-order valence-electron chi connectivity index (χ4n) is 5.61. The second-order valence-electron chi connectivity index (χ2n) is 10.2. The van der Waals surface area contributed by atoms with Gasteiger partial charge in [0, 0.05) is 30.0 Å². The van der Waals surface area contributed by atoms with Crippen LogP contribution in [0.15, 0.2) is 36.5 Å². The number of rotatable bonds is 10. The first-order valence-corrected chi connectivity index (χ1v) is 13.5. The van der Waals surface area contributed by atoms with Gasteiger partial charge in [0.1, 0.15) is 5.82 Å². The predicted molar refractivity (Wildman–Crippen MR) is 144 cm³/mol. The fraction of sp³-hybridized carbons (Fsp3) is 0.517. The van der Waals surface area contributed by atoms with Crippen LogP contribution in [-0.4, -0.2) is 48.1 Å². The van der Waals surface area contributed by atoms with Crippen molar-refractivity contribution in [3.63, 3.8) is 0 Å². The SMILES string of the molecule is CCC(C(=N)C(=O)C(NC(=O)C(C)NC)C1CCCCC1)c1cc(N2CCc3cc(F)ccc32)ccn1. The van der Waals surface area contributed by atoms with Crippen LogP contribution in [0.3, 0.4) is 0 Å². The van der Waals surface area contributed by atoms with Gasteiger partial charge in [-0.25, -0.2) is 4.39 Å². The van der Waals surface area contributed by atoms with E-state index in [2.05, 4.69) is 20.5 Å². The molecule has 7 nitrogen and oxygen atoms in total. The van der Waals surface area contributed by atoms with E-state index in [1.807, 2.05) is 19.1 Å². The molecule has 37 heavy (non-hydrogen) atoms. The highest BCUT2D eigenvalue weighted by molar-refractivity contribution is 6.42. The number of benzene rings is 1. The summed E-state index contributed by atoms with van der Waals surface area (Å²) in [5, 5.41) is 14.8. The zero-order valence-corrected chi connectivity index (χ0v) is 22.0. The molecule has 2 heterocycles. The van der Waals surface area contributed by atoms with Gasteiger partial charge in [-0.1, -0.05) is 26.2 Å². The largest absolute Gasteiger partial charge is 0.344 e. The number of nitrogens with zero attached hydrogens (tertiary/aromatic N) is 2. The summed E-state index contributed by atoms with van der Waals surface area (Å²) in [6.45, 7) is 4.44. The van der Waals surface area contributed by atoms with Crippen molar-refractivity contribution >= 4 is 28.8 Å². The summed E-state index contributed by atoms with van der Waals surface area (Å²) in [4.78, 5) is 33.2. The molecule has 1 saturated carbocycles. The van der Waals surface area contributed by atoms with Crippen molar-refractivity contribution in [3.05, 3.63) is 53.6 Å². The number of carbonyl (C=O) groups excluding carboxylic acids is 2. The zero-order valence-electron chi connectivity index (χ0n) is 22.0. The summed E-state index contributed by atoms with van der Waals surface area (Å²) in [6, 6.07) is 7.56. The van der Waals surface area contributed by atoms with Gasteiger partial charge in [-0.3, -0.25) is 14.6 Å². The van der Waals surface area contributed by atoms with E-state index in [1.165, 1.54) is 6.07 Å². The molecule has 3 atom stereocenters. The summed E-state index contributed by atoms with van der Waals surface area (Å²) in [7, 11) is 1.71. The summed E-state index contributed by atoms with van der Waals surface area (Å²) in [6.07, 6.45) is 7.94. The Hall–Kier alpha value is -3.13. The maximum absolute atomic E-state index is 13.8. The van der Waals surface area contributed by atoms with Gasteiger partial charge in [-0.2, -0.15) is 0 Å². The normalized spacial score (nSPS) is 18.1. The Kier molecular flexibility index (Phi) is 8.69. The van der Waals surface area contributed by atoms with E-state index in [0.29, 0.717) is 12.1 Å². The standard InChI is InChI=1S/C29H38FN5O2/c1-4-23(24-17-22(12-14-33-24)35-15-13-20-16-21(30)10-11-25(20)35)26(31)28(36)27(19-8-6-5-7-9-19)34-29(37)18(2)32-3/h10-12,14,16-19,23,27,31-32H,4-9,13,15H2,1-3H3,(H,34,37). The van der Waals surface area contributed by atoms with Crippen LogP contribution < -0.4 is 15.5 Å². The maximum atomic E-state index is 13.8. The number of likely N-dealkylation sites (N-methyl/N-ethyl adjacent to an activating group) is 1. The van der Waals surface area contributed by atoms with Gasteiger partial charge in [-0.15, -0.1) is 0 Å². The van der Waals surface area contributed by atoms with Crippen molar-refractivity contribution in [2.75, 3.05) is 18.5 Å². The summed E-state index contributed by atoms with van der Waals surface area (Å²) >= 11 is 0. The molecule has 0 radical (unpaired) electrons. The molecule has 0 spiro atoms. The average molecular weight is 508 g/mol. The number of amides is 1. The lowest BCUT2D eigenvalue weighted by Crippen LogP contribution is -2.53. The van der Waals surface area contributed by atoms with Crippen LogP contribution in [0.25, 0.3) is 0 Å². The lowest BCUT2D eigenvalue weighted by atomic mass is 9.79. The Morgan fingerprint density at radius 3 is 2.65 bits per heavy atom. The van der Waals surface area contributed by atoms with Gasteiger partial charge in [0.2, 0.25) is 5.91 Å². The number of ketones is 1. The fourth-order valence-corrected chi connectivity index (χ4v) is 5.61. The molecule has 0 saturated heterocycles. The van der Waals surface area contributed by atoms with E-state index >= 15 is 0 Å². The third-order valence-electron chi connectivity index (χ3n) is 7.92. The van der Waals surface area contributed by atoms with Crippen LogP contribution in [0.1, 0.15) is 69.5 Å². The number of fused-ring (bicyclic) bond motifs is 1. The molecule has 3 unspecified atom stereocenters. The minimum atomic E-state index is -0.700. The molecule has 1 fully saturated rings. The van der Waals surface area contributed by atoms with E-state index in [9.17, 15) is 14.0 Å². The van der Waals surface area contributed by atoms with Crippen molar-refractivity contribution < 1.29 is 14.0 Å². The van der Waals surface area contributed by atoms with E-state index in [-0.39, 0.29) is 29.1 Å². The zero-order chi connectivity index (χ0) is 26.5. The van der Waals surface area contributed by atoms with Crippen LogP contribution in [0.5, 0.6) is 0 Å². The molecule has 0 bridgehead atoms. The van der Waals surface area contributed by atoms with Gasteiger partial charge in [0.25, 0.3) is 0 Å². The van der Waals surface area contributed by atoms with Crippen molar-refractivity contribution in [3.8, 4) is 0 Å². The number of carbonyl (C=O) groups is 2. The lowest BCUT2D eigenvalue weighted by Gasteiger charge is -2.32. The molecular weight excluding hydrogens is 469 g/mol. The second kappa shape index (κ2) is 11.9. The number of hydrogen-bond donors (Lipinski definition) is 3. The smallest absolute Gasteiger partial charge is 0.237 e. The Labute approximate surface area is 218 Å². The molecule has 2 aromatic rings. The van der Waals surface area contributed by atoms with Crippen molar-refractivity contribution in [1.29, 1.82) is 5.41 Å². The van der Waals surface area contributed by atoms with Gasteiger partial charge < -0.3 is 20.9 Å². The minimum absolute atomic E-state index is 0.0102. The molecule has 4 rings (SSSR count). The first kappa shape index (κ1) is 26.9. The average Bonchev–Trinajstić information content (AvgIpc) is 3.34. The molecular formula is C29H38FN5O2. The summed E-state index contributed by atoms with van der Waals surface area (Å²) in [5.74, 6) is -1.22. The number of anilines is 2. The number of halogens is 1. The first-order chi connectivity index (χ1) is 17.8. The van der Waals surface area contributed by atoms with Crippen LogP contribution in [0, 0.1) is 17.1 Å². The van der Waals surface area contributed by atoms with Gasteiger partial charge in [0.05, 0.1) is 23.5 Å². The van der Waals surface area contributed by atoms with E-state index in [1.54, 1.807) is 32.3 Å². The minimum Gasteiger partial charge on any atom is -0.344 e. The molecule has 198 valence electrons. The maximum Gasteiger partial charge on any atom is 0.237 e. The monoisotopic (exact) mass is 507 g/mol. The van der Waals surface area contributed by atoms with Crippen LogP contribution in [0.2, 0.25) is 0 Å². The molecule has 3 N–H and O–H groups in total. The number of Topliss-reactive ketones (excluding diaryl/α,β-unsaturated/α-hetero) is 1. The third-order valence-corrected chi connectivity index (χ3v) is 7.92. The van der Waals surface area contributed by atoms with Crippen LogP contribution in [0.4, 0.5) is 15.8 Å². The van der Waals surface area contributed by atoms with Crippen LogP contribution >= 0.6 is 0 Å². The quantitative estimate of drug-likeness (QED) is 0.406. The summed E-state index contributed by atoms with van der Waals surface area (Å²) < 4.78 is 13.7. The highest BCUT2D eigenvalue weighted by Crippen LogP contribution is 2.36. The van der Waals surface area contributed by atoms with Crippen molar-refractivity contribution in [2.45, 2.75) is 76.8 Å². The van der Waals surface area contributed by atoms with E-state index < -0.39 is 18.0 Å². The van der Waals surface area contributed by atoms with Gasteiger partial charge >= 0.3 is 0 Å². The summed E-state index contributed by atoms with van der Waals surface area (Å²) in [5.41, 5.74) is 3.50. The number of aromatic nitrogens is 1. The Bertz CT molecular complexity index is 1150. The van der Waals surface area contributed by atoms with Gasteiger partial charge in [0.15, 0.2) is 5.78 Å². The van der Waals surface area contributed by atoms with E-state index in [4.69, 9.17) is 5.41 Å². The Balaban J connectivity index is 1.58. The molecule has 2 aliphatic rings. The molecule has 8 heteroatoms. The number of pyridine rings is 1. The number of hydrogen-bond acceptors (Lipinski definition) is 6. The molecule has 1 aliphatic heterocycles. The number of nitrogens with one attached hydrogen (secondary N) is 3. The Morgan fingerprint density at radius 1 is 1.19 bits per heavy atom.